The van der Waals surface area contributed by atoms with E-state index < -0.39 is 5.91 Å². The summed E-state index contributed by atoms with van der Waals surface area (Å²) >= 11 is 1.35. The van der Waals surface area contributed by atoms with Crippen LogP contribution in [0.1, 0.15) is 10.4 Å². The van der Waals surface area contributed by atoms with Crippen LogP contribution in [0.5, 0.6) is 0 Å². The number of amides is 1. The molecule has 122 valence electrons. The fraction of sp³-hybridized carbons (Fsp3) is 0. The minimum Gasteiger partial charge on any atom is -0.321 e. The number of thiazole rings is 1. The summed E-state index contributed by atoms with van der Waals surface area (Å²) in [6, 6.07) is 17.3. The fourth-order valence-corrected chi connectivity index (χ4v) is 3.31. The SMILES string of the molecule is O=C(Nc1ccccc1-c1ccccc1)c1cnc2sccn2c1=O. The van der Waals surface area contributed by atoms with Crippen LogP contribution in [-0.4, -0.2) is 15.3 Å². The molecule has 0 saturated carbocycles. The predicted octanol–water partition coefficient (Wildman–Crippen LogP) is 3.68. The van der Waals surface area contributed by atoms with Crippen molar-refractivity contribution in [3.05, 3.63) is 88.3 Å². The van der Waals surface area contributed by atoms with E-state index in [1.54, 1.807) is 11.6 Å². The van der Waals surface area contributed by atoms with E-state index in [9.17, 15) is 9.59 Å². The first kappa shape index (κ1) is 15.3. The number of carbonyl (C=O) groups excluding carboxylic acids is 1. The zero-order valence-corrected chi connectivity index (χ0v) is 13.9. The number of aromatic nitrogens is 2. The van der Waals surface area contributed by atoms with Crippen molar-refractivity contribution in [2.24, 2.45) is 0 Å². The zero-order valence-electron chi connectivity index (χ0n) is 13.0. The van der Waals surface area contributed by atoms with Crippen LogP contribution in [0.4, 0.5) is 5.69 Å². The molecule has 2 heterocycles. The maximum absolute atomic E-state index is 12.6. The second-order valence-electron chi connectivity index (χ2n) is 5.40. The van der Waals surface area contributed by atoms with Gasteiger partial charge in [-0.25, -0.2) is 4.98 Å². The molecule has 0 aliphatic rings. The maximum Gasteiger partial charge on any atom is 0.271 e. The number of benzene rings is 2. The Kier molecular flexibility index (Phi) is 3.87. The van der Waals surface area contributed by atoms with E-state index in [0.29, 0.717) is 10.6 Å². The summed E-state index contributed by atoms with van der Waals surface area (Å²) in [5, 5.41) is 4.59. The number of rotatable bonds is 3. The molecule has 0 unspecified atom stereocenters. The van der Waals surface area contributed by atoms with Gasteiger partial charge < -0.3 is 5.32 Å². The van der Waals surface area contributed by atoms with E-state index >= 15 is 0 Å². The molecule has 2 aromatic heterocycles. The van der Waals surface area contributed by atoms with Crippen molar-refractivity contribution in [3.63, 3.8) is 0 Å². The molecule has 1 amide bonds. The molecule has 0 spiro atoms. The lowest BCUT2D eigenvalue weighted by atomic mass is 10.0. The summed E-state index contributed by atoms with van der Waals surface area (Å²) in [6.45, 7) is 0. The molecule has 0 aliphatic carbocycles. The van der Waals surface area contributed by atoms with Crippen molar-refractivity contribution >= 4 is 27.9 Å². The van der Waals surface area contributed by atoms with Crippen molar-refractivity contribution in [2.45, 2.75) is 0 Å². The van der Waals surface area contributed by atoms with Crippen LogP contribution in [0.25, 0.3) is 16.1 Å². The summed E-state index contributed by atoms with van der Waals surface area (Å²) in [4.78, 5) is 29.8. The third-order valence-corrected chi connectivity index (χ3v) is 4.62. The van der Waals surface area contributed by atoms with Gasteiger partial charge in [-0.3, -0.25) is 14.0 Å². The van der Waals surface area contributed by atoms with Gasteiger partial charge in [-0.05, 0) is 11.6 Å². The van der Waals surface area contributed by atoms with Crippen LogP contribution in [0.3, 0.4) is 0 Å². The molecule has 1 N–H and O–H groups in total. The topological polar surface area (TPSA) is 63.5 Å². The highest BCUT2D eigenvalue weighted by Gasteiger charge is 2.15. The molecule has 5 nitrogen and oxygen atoms in total. The number of hydrogen-bond acceptors (Lipinski definition) is 4. The monoisotopic (exact) mass is 347 g/mol. The molecule has 4 aromatic rings. The van der Waals surface area contributed by atoms with E-state index in [-0.39, 0.29) is 11.1 Å². The number of anilines is 1. The molecule has 0 atom stereocenters. The van der Waals surface area contributed by atoms with Crippen LogP contribution < -0.4 is 10.9 Å². The van der Waals surface area contributed by atoms with Gasteiger partial charge in [-0.2, -0.15) is 0 Å². The van der Waals surface area contributed by atoms with Gasteiger partial charge in [0, 0.05) is 29.0 Å². The Labute approximate surface area is 147 Å². The minimum absolute atomic E-state index is 0.0127. The van der Waals surface area contributed by atoms with Crippen LogP contribution in [0, 0.1) is 0 Å². The summed E-state index contributed by atoms with van der Waals surface area (Å²) in [5.41, 5.74) is 2.16. The van der Waals surface area contributed by atoms with Gasteiger partial charge >= 0.3 is 0 Å². The second kappa shape index (κ2) is 6.33. The van der Waals surface area contributed by atoms with E-state index in [2.05, 4.69) is 10.3 Å². The highest BCUT2D eigenvalue weighted by molar-refractivity contribution is 7.15. The lowest BCUT2D eigenvalue weighted by Gasteiger charge is -2.11. The lowest BCUT2D eigenvalue weighted by molar-refractivity contribution is 0.102. The molecule has 0 aliphatic heterocycles. The van der Waals surface area contributed by atoms with Crippen LogP contribution >= 0.6 is 11.3 Å². The standard InChI is InChI=1S/C19H13N3O2S/c23-17(15-12-20-19-22(18(15)24)10-11-25-19)21-16-9-5-4-8-14(16)13-6-2-1-3-7-13/h1-12H,(H,21,23). The van der Waals surface area contributed by atoms with Crippen molar-refractivity contribution in [2.75, 3.05) is 5.32 Å². The largest absolute Gasteiger partial charge is 0.321 e. The summed E-state index contributed by atoms with van der Waals surface area (Å²) in [6.07, 6.45) is 2.94. The van der Waals surface area contributed by atoms with Crippen molar-refractivity contribution < 1.29 is 4.79 Å². The number of nitrogens with zero attached hydrogens (tertiary/aromatic N) is 2. The quantitative estimate of drug-likeness (QED) is 0.615. The predicted molar refractivity (Wildman–Crippen MR) is 99.2 cm³/mol. The Morgan fingerprint density at radius 1 is 1.04 bits per heavy atom. The highest BCUT2D eigenvalue weighted by atomic mass is 32.1. The number of hydrogen-bond donors (Lipinski definition) is 1. The molecular formula is C19H13N3O2S. The maximum atomic E-state index is 12.6. The van der Waals surface area contributed by atoms with Gasteiger partial charge in [0.15, 0.2) is 4.96 Å². The van der Waals surface area contributed by atoms with Gasteiger partial charge in [0.2, 0.25) is 0 Å². The van der Waals surface area contributed by atoms with Gasteiger partial charge in [0.25, 0.3) is 11.5 Å². The molecule has 2 aromatic carbocycles. The number of nitrogens with one attached hydrogen (secondary N) is 1. The molecule has 25 heavy (non-hydrogen) atoms. The fourth-order valence-electron chi connectivity index (χ4n) is 2.63. The van der Waals surface area contributed by atoms with E-state index in [0.717, 1.165) is 11.1 Å². The first-order chi connectivity index (χ1) is 12.2. The lowest BCUT2D eigenvalue weighted by Crippen LogP contribution is -2.26. The van der Waals surface area contributed by atoms with Gasteiger partial charge in [-0.15, -0.1) is 11.3 Å². The molecule has 0 bridgehead atoms. The van der Waals surface area contributed by atoms with Crippen molar-refractivity contribution in [3.8, 4) is 11.1 Å². The Hall–Kier alpha value is -3.25. The third-order valence-electron chi connectivity index (χ3n) is 3.85. The van der Waals surface area contributed by atoms with Gasteiger partial charge in [0.1, 0.15) is 5.56 Å². The van der Waals surface area contributed by atoms with Crippen LogP contribution in [0.2, 0.25) is 0 Å². The summed E-state index contributed by atoms with van der Waals surface area (Å²) in [5.74, 6) is -0.471. The van der Waals surface area contributed by atoms with Crippen molar-refractivity contribution in [1.82, 2.24) is 9.38 Å². The zero-order chi connectivity index (χ0) is 17.2. The average Bonchev–Trinajstić information content (AvgIpc) is 3.13. The molecule has 6 heteroatoms. The van der Waals surface area contributed by atoms with Crippen molar-refractivity contribution in [1.29, 1.82) is 0 Å². The molecule has 0 radical (unpaired) electrons. The Bertz CT molecular complexity index is 1120. The van der Waals surface area contributed by atoms with Gasteiger partial charge in [-0.1, -0.05) is 48.5 Å². The van der Waals surface area contributed by atoms with E-state index in [1.165, 1.54) is 21.9 Å². The number of para-hydroxylation sites is 1. The highest BCUT2D eigenvalue weighted by Crippen LogP contribution is 2.27. The number of carbonyl (C=O) groups is 1. The normalized spacial score (nSPS) is 10.7. The Morgan fingerprint density at radius 2 is 1.80 bits per heavy atom. The van der Waals surface area contributed by atoms with Gasteiger partial charge in [0.05, 0.1) is 0 Å². The summed E-state index contributed by atoms with van der Waals surface area (Å²) < 4.78 is 1.38. The molecule has 0 saturated heterocycles. The molecular weight excluding hydrogens is 334 g/mol. The van der Waals surface area contributed by atoms with E-state index in [4.69, 9.17) is 0 Å². The average molecular weight is 347 g/mol. The number of fused-ring (bicyclic) bond motifs is 1. The molecule has 4 rings (SSSR count). The third kappa shape index (κ3) is 2.83. The summed E-state index contributed by atoms with van der Waals surface area (Å²) in [7, 11) is 0. The Morgan fingerprint density at radius 3 is 2.64 bits per heavy atom. The van der Waals surface area contributed by atoms with Crippen LogP contribution in [-0.2, 0) is 0 Å². The smallest absolute Gasteiger partial charge is 0.271 e. The second-order valence-corrected chi connectivity index (χ2v) is 6.27. The van der Waals surface area contributed by atoms with E-state index in [1.807, 2.05) is 54.6 Å². The first-order valence-corrected chi connectivity index (χ1v) is 8.52. The Balaban J connectivity index is 1.72. The molecule has 0 fully saturated rings. The van der Waals surface area contributed by atoms with Crippen LogP contribution in [0.15, 0.2) is 77.2 Å². The first-order valence-electron chi connectivity index (χ1n) is 7.65. The minimum atomic E-state index is -0.471.